The molecule has 1 aromatic heterocycles. The van der Waals surface area contributed by atoms with E-state index in [2.05, 4.69) is 16.4 Å². The number of benzene rings is 1. The van der Waals surface area contributed by atoms with E-state index in [-0.39, 0.29) is 16.8 Å². The number of nitrogens with one attached hydrogen (secondary N) is 1. The first-order valence-corrected chi connectivity index (χ1v) is 8.31. The van der Waals surface area contributed by atoms with Crippen molar-refractivity contribution in [3.63, 3.8) is 0 Å². The highest BCUT2D eigenvalue weighted by molar-refractivity contribution is 7.89. The number of aromatic nitrogens is 1. The Morgan fingerprint density at radius 1 is 1.36 bits per heavy atom. The highest BCUT2D eigenvalue weighted by Gasteiger charge is 2.25. The van der Waals surface area contributed by atoms with E-state index in [1.807, 2.05) is 12.1 Å². The topological polar surface area (TPSA) is 109 Å². The molecule has 0 radical (unpaired) electrons. The first-order valence-electron chi connectivity index (χ1n) is 6.76. The highest BCUT2D eigenvalue weighted by Crippen LogP contribution is 2.35. The fourth-order valence-corrected chi connectivity index (χ4v) is 3.38. The smallest absolute Gasteiger partial charge is 0.241 e. The van der Waals surface area contributed by atoms with Gasteiger partial charge in [0.1, 0.15) is 10.7 Å². The molecule has 0 fully saturated rings. The van der Waals surface area contributed by atoms with Crippen LogP contribution in [-0.2, 0) is 16.4 Å². The Bertz CT molecular complexity index is 871. The summed E-state index contributed by atoms with van der Waals surface area (Å²) in [5, 5.41) is 17.3. The van der Waals surface area contributed by atoms with Crippen LogP contribution in [0.25, 0.3) is 0 Å². The van der Waals surface area contributed by atoms with Crippen LogP contribution in [0.15, 0.2) is 41.4 Å². The van der Waals surface area contributed by atoms with Crippen molar-refractivity contribution in [2.75, 3.05) is 5.32 Å². The van der Waals surface area contributed by atoms with Crippen molar-refractivity contribution in [3.05, 3.63) is 53.2 Å². The minimum atomic E-state index is -3.83. The van der Waals surface area contributed by atoms with Gasteiger partial charge < -0.3 is 5.32 Å². The van der Waals surface area contributed by atoms with Crippen LogP contribution in [0.4, 0.5) is 5.82 Å². The minimum Gasteiger partial charge on any atom is -0.362 e. The van der Waals surface area contributed by atoms with Crippen molar-refractivity contribution in [1.82, 2.24) is 4.98 Å². The maximum absolute atomic E-state index is 11.6. The van der Waals surface area contributed by atoms with E-state index in [9.17, 15) is 8.42 Å². The Kier molecular flexibility index (Phi) is 3.56. The Morgan fingerprint density at radius 2 is 2.18 bits per heavy atom. The molecule has 3 N–H and O–H groups in total. The lowest BCUT2D eigenvalue weighted by Gasteiger charge is -2.16. The van der Waals surface area contributed by atoms with Gasteiger partial charge >= 0.3 is 0 Å². The molecule has 1 aliphatic rings. The quantitative estimate of drug-likeness (QED) is 0.896. The number of hydrogen-bond acceptors (Lipinski definition) is 5. The molecule has 0 bridgehead atoms. The largest absolute Gasteiger partial charge is 0.362 e. The summed E-state index contributed by atoms with van der Waals surface area (Å²) in [6, 6.07) is 10.6. The highest BCUT2D eigenvalue weighted by atomic mass is 32.2. The molecule has 7 heteroatoms. The van der Waals surface area contributed by atoms with E-state index in [1.54, 1.807) is 6.07 Å². The number of nitrogens with two attached hydrogens (primary N) is 1. The van der Waals surface area contributed by atoms with E-state index in [4.69, 9.17) is 10.4 Å². The van der Waals surface area contributed by atoms with Crippen molar-refractivity contribution in [3.8, 4) is 6.07 Å². The van der Waals surface area contributed by atoms with Crippen LogP contribution in [-0.4, -0.2) is 13.4 Å². The Labute approximate surface area is 128 Å². The van der Waals surface area contributed by atoms with Gasteiger partial charge in [0.25, 0.3) is 0 Å². The number of nitriles is 1. The van der Waals surface area contributed by atoms with Crippen LogP contribution in [0.2, 0.25) is 0 Å². The molecule has 0 aliphatic heterocycles. The number of aryl methyl sites for hydroxylation is 1. The zero-order valence-electron chi connectivity index (χ0n) is 11.7. The van der Waals surface area contributed by atoms with Crippen molar-refractivity contribution in [2.45, 2.75) is 23.8 Å². The molecule has 22 heavy (non-hydrogen) atoms. The molecule has 1 unspecified atom stereocenters. The molecule has 0 saturated heterocycles. The summed E-state index contributed by atoms with van der Waals surface area (Å²) < 4.78 is 23.2. The molecule has 2 aromatic rings. The van der Waals surface area contributed by atoms with Crippen LogP contribution in [0.1, 0.15) is 29.2 Å². The summed E-state index contributed by atoms with van der Waals surface area (Å²) in [7, 11) is -3.83. The van der Waals surface area contributed by atoms with Crippen LogP contribution >= 0.6 is 0 Å². The molecule has 112 valence electrons. The first-order chi connectivity index (χ1) is 10.5. The van der Waals surface area contributed by atoms with E-state index >= 15 is 0 Å². The summed E-state index contributed by atoms with van der Waals surface area (Å²) in [4.78, 5) is 4.08. The van der Waals surface area contributed by atoms with E-state index in [0.717, 1.165) is 24.0 Å². The van der Waals surface area contributed by atoms with Crippen molar-refractivity contribution >= 4 is 15.8 Å². The molecule has 0 amide bonds. The van der Waals surface area contributed by atoms with Gasteiger partial charge in [-0.15, -0.1) is 0 Å². The molecule has 6 nitrogen and oxygen atoms in total. The van der Waals surface area contributed by atoms with Gasteiger partial charge in [0.2, 0.25) is 10.0 Å². The molecular weight excluding hydrogens is 300 g/mol. The van der Waals surface area contributed by atoms with Gasteiger partial charge in [-0.25, -0.2) is 18.5 Å². The molecule has 0 spiro atoms. The number of sulfonamides is 1. The molecule has 3 rings (SSSR count). The zero-order chi connectivity index (χ0) is 15.7. The molecule has 1 aliphatic carbocycles. The molecule has 1 heterocycles. The minimum absolute atomic E-state index is 0.0166. The standard InChI is InChI=1S/C15H14N4O2S/c16-9-10-3-5-12-11(8-10)4-6-13(12)19-15-14(22(17,20)21)2-1-7-18-15/h1-3,5,7-8,13H,4,6H2,(H,18,19)(H2,17,20,21). The third kappa shape index (κ3) is 2.66. The molecular formula is C15H14N4O2S. The van der Waals surface area contributed by atoms with Crippen LogP contribution < -0.4 is 10.5 Å². The van der Waals surface area contributed by atoms with Gasteiger partial charge in [-0.1, -0.05) is 6.07 Å². The summed E-state index contributed by atoms with van der Waals surface area (Å²) in [6.45, 7) is 0. The van der Waals surface area contributed by atoms with Gasteiger partial charge in [0, 0.05) is 6.20 Å². The summed E-state index contributed by atoms with van der Waals surface area (Å²) in [5.41, 5.74) is 2.79. The summed E-state index contributed by atoms with van der Waals surface area (Å²) >= 11 is 0. The predicted octanol–water partition coefficient (Wildman–Crippen LogP) is 1.70. The van der Waals surface area contributed by atoms with Gasteiger partial charge in [-0.2, -0.15) is 5.26 Å². The predicted molar refractivity (Wildman–Crippen MR) is 81.5 cm³/mol. The number of rotatable bonds is 3. The normalized spacial score (nSPS) is 16.8. The lowest BCUT2D eigenvalue weighted by atomic mass is 10.1. The van der Waals surface area contributed by atoms with Gasteiger partial charge in [-0.05, 0) is 48.2 Å². The Morgan fingerprint density at radius 3 is 2.91 bits per heavy atom. The molecule has 0 saturated carbocycles. The van der Waals surface area contributed by atoms with Gasteiger partial charge in [0.05, 0.1) is 17.7 Å². The average molecular weight is 314 g/mol. The summed E-state index contributed by atoms with van der Waals surface area (Å²) in [6.07, 6.45) is 3.16. The zero-order valence-corrected chi connectivity index (χ0v) is 12.5. The lowest BCUT2D eigenvalue weighted by Crippen LogP contribution is -2.17. The summed E-state index contributed by atoms with van der Waals surface area (Å²) in [5.74, 6) is 0.257. The van der Waals surface area contributed by atoms with E-state index < -0.39 is 10.0 Å². The third-order valence-corrected chi connectivity index (χ3v) is 4.68. The Hall–Kier alpha value is -2.43. The lowest BCUT2D eigenvalue weighted by molar-refractivity contribution is 0.597. The van der Waals surface area contributed by atoms with Crippen LogP contribution in [0.5, 0.6) is 0 Å². The van der Waals surface area contributed by atoms with Crippen molar-refractivity contribution < 1.29 is 8.42 Å². The third-order valence-electron chi connectivity index (χ3n) is 3.74. The number of fused-ring (bicyclic) bond motifs is 1. The maximum atomic E-state index is 11.6. The second-order valence-corrected chi connectivity index (χ2v) is 6.69. The van der Waals surface area contributed by atoms with Crippen molar-refractivity contribution in [1.29, 1.82) is 5.26 Å². The van der Waals surface area contributed by atoms with Crippen LogP contribution in [0, 0.1) is 11.3 Å². The first kappa shape index (κ1) is 14.5. The average Bonchev–Trinajstić information content (AvgIpc) is 2.89. The SMILES string of the molecule is N#Cc1ccc2c(c1)CCC2Nc1ncccc1S(N)(=O)=O. The number of nitrogens with zero attached hydrogens (tertiary/aromatic N) is 2. The van der Waals surface area contributed by atoms with Gasteiger partial charge in [-0.3, -0.25) is 0 Å². The van der Waals surface area contributed by atoms with Gasteiger partial charge in [0.15, 0.2) is 0 Å². The number of anilines is 1. The van der Waals surface area contributed by atoms with Crippen molar-refractivity contribution in [2.24, 2.45) is 5.14 Å². The fraction of sp³-hybridized carbons (Fsp3) is 0.200. The number of primary sulfonamides is 1. The molecule has 1 aromatic carbocycles. The van der Waals surface area contributed by atoms with Crippen LogP contribution in [0.3, 0.4) is 0 Å². The molecule has 1 atom stereocenters. The van der Waals surface area contributed by atoms with E-state index in [1.165, 1.54) is 18.3 Å². The fourth-order valence-electron chi connectivity index (χ4n) is 2.73. The number of hydrogen-bond donors (Lipinski definition) is 2. The maximum Gasteiger partial charge on any atom is 0.241 e. The Balaban J connectivity index is 1.94. The second kappa shape index (κ2) is 5.40. The van der Waals surface area contributed by atoms with E-state index in [0.29, 0.717) is 5.56 Å². The second-order valence-electron chi connectivity index (χ2n) is 5.16. The number of pyridine rings is 1. The monoisotopic (exact) mass is 314 g/mol.